The second kappa shape index (κ2) is 5.60. The minimum absolute atomic E-state index is 0.355. The van der Waals surface area contributed by atoms with Gasteiger partial charge in [-0.1, -0.05) is 0 Å². The summed E-state index contributed by atoms with van der Waals surface area (Å²) < 4.78 is 0. The Hall–Kier alpha value is -0.940. The van der Waals surface area contributed by atoms with E-state index in [4.69, 9.17) is 5.11 Å². The molecule has 0 amide bonds. The van der Waals surface area contributed by atoms with Crippen LogP contribution in [0.2, 0.25) is 0 Å². The van der Waals surface area contributed by atoms with E-state index in [1.165, 1.54) is 5.01 Å². The third-order valence-electron chi connectivity index (χ3n) is 3.24. The van der Waals surface area contributed by atoms with Gasteiger partial charge in [0.15, 0.2) is 0 Å². The lowest BCUT2D eigenvalue weighted by molar-refractivity contribution is -0.140. The van der Waals surface area contributed by atoms with Crippen molar-refractivity contribution in [1.29, 1.82) is 0 Å². The van der Waals surface area contributed by atoms with Gasteiger partial charge in [-0.15, -0.1) is 11.3 Å². The average Bonchev–Trinajstić information content (AvgIpc) is 2.73. The summed E-state index contributed by atoms with van der Waals surface area (Å²) in [6, 6.07) is -0.355. The van der Waals surface area contributed by atoms with Gasteiger partial charge in [0.1, 0.15) is 6.04 Å². The fourth-order valence-electron chi connectivity index (χ4n) is 2.29. The molecule has 1 fully saturated rings. The van der Waals surface area contributed by atoms with Crippen LogP contribution in [-0.4, -0.2) is 28.6 Å². The van der Waals surface area contributed by atoms with Crippen molar-refractivity contribution in [3.8, 4) is 0 Å². The SMILES string of the molecule is Cc1csc(CCC2CCNC(C(=O)O)C2)n1. The van der Waals surface area contributed by atoms with Crippen molar-refractivity contribution in [2.75, 3.05) is 6.54 Å². The van der Waals surface area contributed by atoms with Crippen LogP contribution in [0.25, 0.3) is 0 Å². The van der Waals surface area contributed by atoms with Gasteiger partial charge in [-0.2, -0.15) is 0 Å². The summed E-state index contributed by atoms with van der Waals surface area (Å²) in [5, 5.41) is 15.3. The van der Waals surface area contributed by atoms with Gasteiger partial charge in [0.2, 0.25) is 0 Å². The predicted molar refractivity (Wildman–Crippen MR) is 67.3 cm³/mol. The molecule has 1 aromatic heterocycles. The summed E-state index contributed by atoms with van der Waals surface area (Å²) in [5.74, 6) is -0.207. The number of nitrogens with zero attached hydrogens (tertiary/aromatic N) is 1. The van der Waals surface area contributed by atoms with Gasteiger partial charge in [0.25, 0.3) is 0 Å². The van der Waals surface area contributed by atoms with E-state index < -0.39 is 5.97 Å². The van der Waals surface area contributed by atoms with Crippen molar-refractivity contribution >= 4 is 17.3 Å². The van der Waals surface area contributed by atoms with Crippen LogP contribution >= 0.6 is 11.3 Å². The number of nitrogens with one attached hydrogen (secondary N) is 1. The molecule has 2 atom stereocenters. The fraction of sp³-hybridized carbons (Fsp3) is 0.667. The molecule has 0 spiro atoms. The number of piperidine rings is 1. The Morgan fingerprint density at radius 3 is 3.18 bits per heavy atom. The monoisotopic (exact) mass is 254 g/mol. The van der Waals surface area contributed by atoms with Crippen LogP contribution in [0.15, 0.2) is 5.38 Å². The molecule has 94 valence electrons. The molecule has 2 rings (SSSR count). The Morgan fingerprint density at radius 2 is 2.53 bits per heavy atom. The van der Waals surface area contributed by atoms with Gasteiger partial charge in [0.05, 0.1) is 5.01 Å². The van der Waals surface area contributed by atoms with E-state index >= 15 is 0 Å². The van der Waals surface area contributed by atoms with E-state index in [1.807, 2.05) is 6.92 Å². The van der Waals surface area contributed by atoms with Gasteiger partial charge >= 0.3 is 5.97 Å². The third kappa shape index (κ3) is 3.51. The molecule has 2 heterocycles. The standard InChI is InChI=1S/C12H18N2O2S/c1-8-7-17-11(14-8)3-2-9-4-5-13-10(6-9)12(15)16/h7,9-10,13H,2-6H2,1H3,(H,15,16). The van der Waals surface area contributed by atoms with E-state index in [2.05, 4.69) is 15.7 Å². The third-order valence-corrected chi connectivity index (χ3v) is 4.27. The summed E-state index contributed by atoms with van der Waals surface area (Å²) >= 11 is 1.70. The maximum Gasteiger partial charge on any atom is 0.320 e. The van der Waals surface area contributed by atoms with Gasteiger partial charge in [-0.05, 0) is 45.1 Å². The van der Waals surface area contributed by atoms with E-state index in [1.54, 1.807) is 11.3 Å². The Kier molecular flexibility index (Phi) is 4.12. The Labute approximate surface area is 105 Å². The molecule has 0 aliphatic carbocycles. The van der Waals surface area contributed by atoms with Crippen molar-refractivity contribution in [1.82, 2.24) is 10.3 Å². The zero-order valence-corrected chi connectivity index (χ0v) is 10.8. The molecule has 1 aromatic rings. The maximum atomic E-state index is 10.9. The highest BCUT2D eigenvalue weighted by molar-refractivity contribution is 7.09. The summed E-state index contributed by atoms with van der Waals surface area (Å²) in [6.07, 6.45) is 3.86. The first kappa shape index (κ1) is 12.5. The maximum absolute atomic E-state index is 10.9. The highest BCUT2D eigenvalue weighted by atomic mass is 32.1. The van der Waals surface area contributed by atoms with Crippen molar-refractivity contribution in [3.63, 3.8) is 0 Å². The van der Waals surface area contributed by atoms with E-state index in [0.29, 0.717) is 5.92 Å². The summed E-state index contributed by atoms with van der Waals surface area (Å²) in [4.78, 5) is 15.3. The fourth-order valence-corrected chi connectivity index (χ4v) is 3.08. The molecule has 2 unspecified atom stereocenters. The number of aliphatic carboxylic acids is 1. The molecule has 4 nitrogen and oxygen atoms in total. The zero-order chi connectivity index (χ0) is 12.3. The van der Waals surface area contributed by atoms with Gasteiger partial charge < -0.3 is 10.4 Å². The van der Waals surface area contributed by atoms with Crippen LogP contribution in [0.3, 0.4) is 0 Å². The van der Waals surface area contributed by atoms with E-state index in [9.17, 15) is 4.79 Å². The van der Waals surface area contributed by atoms with Crippen LogP contribution < -0.4 is 5.32 Å². The second-order valence-corrected chi connectivity index (χ2v) is 5.60. The molecule has 2 N–H and O–H groups in total. The van der Waals surface area contributed by atoms with E-state index in [-0.39, 0.29) is 6.04 Å². The number of hydrogen-bond donors (Lipinski definition) is 2. The van der Waals surface area contributed by atoms with Crippen molar-refractivity contribution in [2.24, 2.45) is 5.92 Å². The number of aromatic nitrogens is 1. The first-order chi connectivity index (χ1) is 8.15. The molecule has 0 saturated carbocycles. The molecule has 5 heteroatoms. The number of carboxylic acids is 1. The first-order valence-corrected chi connectivity index (χ1v) is 6.90. The molecule has 0 radical (unpaired) electrons. The summed E-state index contributed by atoms with van der Waals surface area (Å²) in [5.41, 5.74) is 1.08. The lowest BCUT2D eigenvalue weighted by Crippen LogP contribution is -2.43. The minimum Gasteiger partial charge on any atom is -0.480 e. The quantitative estimate of drug-likeness (QED) is 0.860. The highest BCUT2D eigenvalue weighted by Gasteiger charge is 2.26. The number of thiazole rings is 1. The Balaban J connectivity index is 1.81. The molecular formula is C12H18N2O2S. The summed E-state index contributed by atoms with van der Waals surface area (Å²) in [6.45, 7) is 2.82. The number of aryl methyl sites for hydroxylation is 2. The highest BCUT2D eigenvalue weighted by Crippen LogP contribution is 2.23. The molecule has 0 bridgehead atoms. The number of rotatable bonds is 4. The average molecular weight is 254 g/mol. The molecule has 17 heavy (non-hydrogen) atoms. The zero-order valence-electron chi connectivity index (χ0n) is 9.98. The van der Waals surface area contributed by atoms with Crippen LogP contribution in [-0.2, 0) is 11.2 Å². The Bertz CT molecular complexity index is 392. The smallest absolute Gasteiger partial charge is 0.320 e. The van der Waals surface area contributed by atoms with E-state index in [0.717, 1.165) is 37.9 Å². The largest absolute Gasteiger partial charge is 0.480 e. The number of carbonyl (C=O) groups is 1. The second-order valence-electron chi connectivity index (χ2n) is 4.66. The molecule has 0 aromatic carbocycles. The Morgan fingerprint density at radius 1 is 1.71 bits per heavy atom. The number of carboxylic acid groups (broad SMARTS) is 1. The number of hydrogen-bond acceptors (Lipinski definition) is 4. The summed E-state index contributed by atoms with van der Waals surface area (Å²) in [7, 11) is 0. The minimum atomic E-state index is -0.722. The molecule has 1 aliphatic heterocycles. The van der Waals surface area contributed by atoms with Gasteiger partial charge in [-0.3, -0.25) is 4.79 Å². The van der Waals surface area contributed by atoms with Crippen LogP contribution in [0.5, 0.6) is 0 Å². The van der Waals surface area contributed by atoms with Crippen LogP contribution in [0.1, 0.15) is 30.0 Å². The van der Waals surface area contributed by atoms with Crippen LogP contribution in [0.4, 0.5) is 0 Å². The first-order valence-electron chi connectivity index (χ1n) is 6.02. The van der Waals surface area contributed by atoms with Gasteiger partial charge in [0, 0.05) is 11.1 Å². The lowest BCUT2D eigenvalue weighted by Gasteiger charge is -2.27. The van der Waals surface area contributed by atoms with Crippen molar-refractivity contribution in [2.45, 2.75) is 38.6 Å². The predicted octanol–water partition coefficient (Wildman–Crippen LogP) is 1.84. The molecule has 1 saturated heterocycles. The lowest BCUT2D eigenvalue weighted by atomic mass is 9.89. The van der Waals surface area contributed by atoms with Gasteiger partial charge in [-0.25, -0.2) is 4.98 Å². The normalized spacial score (nSPS) is 24.8. The van der Waals surface area contributed by atoms with Crippen molar-refractivity contribution < 1.29 is 9.90 Å². The van der Waals surface area contributed by atoms with Crippen molar-refractivity contribution in [3.05, 3.63) is 16.1 Å². The molecular weight excluding hydrogens is 236 g/mol. The molecule has 1 aliphatic rings. The topological polar surface area (TPSA) is 62.2 Å². The van der Waals surface area contributed by atoms with Crippen LogP contribution in [0, 0.1) is 12.8 Å².